The van der Waals surface area contributed by atoms with Crippen molar-refractivity contribution in [3.63, 3.8) is 0 Å². The first kappa shape index (κ1) is 9.90. The van der Waals surface area contributed by atoms with E-state index in [0.717, 1.165) is 12.1 Å². The minimum atomic E-state index is -1.06. The van der Waals surface area contributed by atoms with Gasteiger partial charge in [-0.15, -0.1) is 0 Å². The van der Waals surface area contributed by atoms with Crippen LogP contribution in [0.25, 0.3) is 0 Å². The van der Waals surface area contributed by atoms with Crippen LogP contribution in [0.1, 0.15) is 0 Å². The second kappa shape index (κ2) is 3.69. The first-order valence-corrected chi connectivity index (χ1v) is 3.51. The number of hydrogen-bond acceptors (Lipinski definition) is 3. The Morgan fingerprint density at radius 2 is 2.21 bits per heavy atom. The van der Waals surface area contributed by atoms with Crippen LogP contribution in [0.15, 0.2) is 18.2 Å². The van der Waals surface area contributed by atoms with Crippen molar-refractivity contribution in [1.82, 2.24) is 0 Å². The van der Waals surface area contributed by atoms with E-state index in [-0.39, 0.29) is 0 Å². The Kier molecular flexibility index (Phi) is 2.61. The third kappa shape index (κ3) is 1.94. The summed E-state index contributed by atoms with van der Waals surface area (Å²) in [5, 5.41) is 12.2. The molecule has 0 unspecified atom stereocenters. The zero-order valence-electron chi connectivity index (χ0n) is 6.86. The number of nitrogens with zero attached hydrogens (tertiary/aromatic N) is 1. The molecule has 74 valence electrons. The molecule has 0 heterocycles. The van der Waals surface area contributed by atoms with Crippen LogP contribution in [0.5, 0.6) is 0 Å². The number of benzene rings is 1. The van der Waals surface area contributed by atoms with Crippen molar-refractivity contribution in [2.24, 2.45) is 5.73 Å². The van der Waals surface area contributed by atoms with Gasteiger partial charge >= 0.3 is 6.03 Å². The molecule has 1 aromatic rings. The van der Waals surface area contributed by atoms with Crippen molar-refractivity contribution in [1.29, 1.82) is 0 Å². The zero-order chi connectivity index (χ0) is 10.7. The molecule has 0 aromatic heterocycles. The van der Waals surface area contributed by atoms with Crippen LogP contribution < -0.4 is 11.1 Å². The normalized spacial score (nSPS) is 9.50. The van der Waals surface area contributed by atoms with Gasteiger partial charge in [-0.1, -0.05) is 6.07 Å². The van der Waals surface area contributed by atoms with E-state index in [0.29, 0.717) is 0 Å². The maximum absolute atomic E-state index is 13.0. The van der Waals surface area contributed by atoms with Gasteiger partial charge in [0.05, 0.1) is 4.92 Å². The van der Waals surface area contributed by atoms with Crippen molar-refractivity contribution in [2.45, 2.75) is 0 Å². The number of hydrogen-bond donors (Lipinski definition) is 2. The highest BCUT2D eigenvalue weighted by atomic mass is 19.1. The van der Waals surface area contributed by atoms with Gasteiger partial charge in [-0.2, -0.15) is 0 Å². The van der Waals surface area contributed by atoms with E-state index >= 15 is 0 Å². The fourth-order valence-electron chi connectivity index (χ4n) is 0.912. The van der Waals surface area contributed by atoms with E-state index in [9.17, 15) is 19.3 Å². The monoisotopic (exact) mass is 199 g/mol. The van der Waals surface area contributed by atoms with Gasteiger partial charge in [-0.25, -0.2) is 9.18 Å². The van der Waals surface area contributed by atoms with Gasteiger partial charge in [0.25, 0.3) is 5.69 Å². The summed E-state index contributed by atoms with van der Waals surface area (Å²) in [6.07, 6.45) is 0. The number of rotatable bonds is 2. The highest BCUT2D eigenvalue weighted by Gasteiger charge is 2.18. The van der Waals surface area contributed by atoms with E-state index in [1.165, 1.54) is 6.07 Å². The number of anilines is 1. The van der Waals surface area contributed by atoms with E-state index < -0.39 is 28.1 Å². The average molecular weight is 199 g/mol. The highest BCUT2D eigenvalue weighted by Crippen LogP contribution is 2.26. The number of nitro groups is 1. The number of nitrogens with two attached hydrogens (primary N) is 1. The Bertz CT molecular complexity index is 394. The number of carbonyl (C=O) groups excluding carboxylic acids is 1. The summed E-state index contributed by atoms with van der Waals surface area (Å²) >= 11 is 0. The molecule has 0 radical (unpaired) electrons. The summed E-state index contributed by atoms with van der Waals surface area (Å²) in [4.78, 5) is 20.0. The molecule has 3 N–H and O–H groups in total. The summed E-state index contributed by atoms with van der Waals surface area (Å²) in [6, 6.07) is 2.16. The van der Waals surface area contributed by atoms with Crippen LogP contribution in [0, 0.1) is 15.9 Å². The van der Waals surface area contributed by atoms with E-state index in [4.69, 9.17) is 5.73 Å². The lowest BCUT2D eigenvalue weighted by molar-refractivity contribution is -0.384. The number of amides is 2. The average Bonchev–Trinajstić information content (AvgIpc) is 2.07. The maximum atomic E-state index is 13.0. The van der Waals surface area contributed by atoms with Crippen molar-refractivity contribution < 1.29 is 14.1 Å². The molecule has 0 bridgehead atoms. The van der Waals surface area contributed by atoms with E-state index in [2.05, 4.69) is 0 Å². The lowest BCUT2D eigenvalue weighted by Crippen LogP contribution is -2.20. The number of para-hydroxylation sites is 1. The topological polar surface area (TPSA) is 98.3 Å². The number of primary amides is 1. The molecule has 6 nitrogen and oxygen atoms in total. The van der Waals surface area contributed by atoms with Gasteiger partial charge in [-0.05, 0) is 6.07 Å². The molecule has 0 saturated carbocycles. The largest absolute Gasteiger partial charge is 0.351 e. The van der Waals surface area contributed by atoms with Crippen molar-refractivity contribution in [3.05, 3.63) is 34.1 Å². The predicted molar refractivity (Wildman–Crippen MR) is 46.3 cm³/mol. The number of carbonyl (C=O) groups is 1. The van der Waals surface area contributed by atoms with Crippen molar-refractivity contribution >= 4 is 17.4 Å². The number of nitro benzene ring substituents is 1. The molecule has 0 aliphatic carbocycles. The summed E-state index contributed by atoms with van der Waals surface area (Å²) in [5.74, 6) is -0.905. The SMILES string of the molecule is NC(=O)Nc1c(F)cccc1[N+](=O)[O-]. The summed E-state index contributed by atoms with van der Waals surface area (Å²) < 4.78 is 13.0. The zero-order valence-corrected chi connectivity index (χ0v) is 6.86. The fourth-order valence-corrected chi connectivity index (χ4v) is 0.912. The Labute approximate surface area is 77.7 Å². The molecule has 0 spiro atoms. The van der Waals surface area contributed by atoms with Gasteiger partial charge in [0, 0.05) is 6.07 Å². The molecule has 1 aromatic carbocycles. The Hall–Kier alpha value is -2.18. The predicted octanol–water partition coefficient (Wildman–Crippen LogP) is 1.22. The first-order chi connectivity index (χ1) is 6.52. The Balaban J connectivity index is 3.22. The second-order valence-electron chi connectivity index (χ2n) is 2.38. The molecule has 14 heavy (non-hydrogen) atoms. The van der Waals surface area contributed by atoms with Crippen LogP contribution in [0.3, 0.4) is 0 Å². The Morgan fingerprint density at radius 3 is 2.71 bits per heavy atom. The second-order valence-corrected chi connectivity index (χ2v) is 2.38. The molecule has 1 rings (SSSR count). The fraction of sp³-hybridized carbons (Fsp3) is 0. The maximum Gasteiger partial charge on any atom is 0.316 e. The van der Waals surface area contributed by atoms with Gasteiger partial charge in [0.1, 0.15) is 0 Å². The number of nitrogens with one attached hydrogen (secondary N) is 1. The van der Waals surface area contributed by atoms with Crippen LogP contribution in [-0.2, 0) is 0 Å². The molecule has 0 aliphatic rings. The van der Waals surface area contributed by atoms with Gasteiger partial charge < -0.3 is 5.73 Å². The van der Waals surface area contributed by atoms with Crippen molar-refractivity contribution in [2.75, 3.05) is 5.32 Å². The molecular weight excluding hydrogens is 193 g/mol. The lowest BCUT2D eigenvalue weighted by Gasteiger charge is -2.03. The smallest absolute Gasteiger partial charge is 0.316 e. The van der Waals surface area contributed by atoms with Crippen LogP contribution in [0.2, 0.25) is 0 Å². The minimum Gasteiger partial charge on any atom is -0.351 e. The molecule has 7 heteroatoms. The highest BCUT2D eigenvalue weighted by molar-refractivity contribution is 5.90. The molecular formula is C7H6FN3O3. The first-order valence-electron chi connectivity index (χ1n) is 3.51. The van der Waals surface area contributed by atoms with E-state index in [1.54, 1.807) is 0 Å². The third-order valence-corrected chi connectivity index (χ3v) is 1.44. The number of urea groups is 1. The van der Waals surface area contributed by atoms with Crippen LogP contribution >= 0.6 is 0 Å². The molecule has 0 saturated heterocycles. The van der Waals surface area contributed by atoms with Crippen LogP contribution in [0.4, 0.5) is 20.6 Å². The van der Waals surface area contributed by atoms with E-state index in [1.807, 2.05) is 5.32 Å². The lowest BCUT2D eigenvalue weighted by atomic mass is 10.2. The van der Waals surface area contributed by atoms with Crippen LogP contribution in [-0.4, -0.2) is 11.0 Å². The molecule has 2 amide bonds. The van der Waals surface area contributed by atoms with Gasteiger partial charge in [-0.3, -0.25) is 15.4 Å². The summed E-state index contributed by atoms with van der Waals surface area (Å²) in [6.45, 7) is 0. The third-order valence-electron chi connectivity index (χ3n) is 1.44. The molecule has 0 fully saturated rings. The molecule has 0 aliphatic heterocycles. The minimum absolute atomic E-state index is 0.523. The molecule has 0 atom stereocenters. The Morgan fingerprint density at radius 1 is 1.57 bits per heavy atom. The standard InChI is InChI=1S/C7H6FN3O3/c8-4-2-1-3-5(11(13)14)6(4)10-7(9)12/h1-3H,(H3,9,10,12). The quantitative estimate of drug-likeness (QED) is 0.553. The summed E-state index contributed by atoms with van der Waals surface area (Å²) in [7, 11) is 0. The number of halogens is 1. The van der Waals surface area contributed by atoms with Crippen molar-refractivity contribution in [3.8, 4) is 0 Å². The van der Waals surface area contributed by atoms with Gasteiger partial charge in [0.15, 0.2) is 11.5 Å². The summed E-state index contributed by atoms with van der Waals surface area (Å²) in [5.41, 5.74) is 3.66. The van der Waals surface area contributed by atoms with Gasteiger partial charge in [0.2, 0.25) is 0 Å².